The van der Waals surface area contributed by atoms with Crippen molar-refractivity contribution in [2.24, 2.45) is 4.99 Å². The number of anilines is 1. The highest BCUT2D eigenvalue weighted by atomic mass is 32.2. The molecule has 2 aromatic rings. The molecule has 238 valence electrons. The van der Waals surface area contributed by atoms with E-state index < -0.39 is 21.8 Å². The van der Waals surface area contributed by atoms with E-state index in [1.807, 2.05) is 17.0 Å². The number of thioether (sulfide) groups is 1. The first-order valence-electron chi connectivity index (χ1n) is 15.5. The molecule has 1 N–H and O–H groups in total. The highest BCUT2D eigenvalue weighted by Gasteiger charge is 2.41. The van der Waals surface area contributed by atoms with Crippen LogP contribution in [0.1, 0.15) is 70.8 Å². The minimum atomic E-state index is -4.27. The molecule has 0 fully saturated rings. The molecule has 0 saturated carbocycles. The van der Waals surface area contributed by atoms with Gasteiger partial charge in [0, 0.05) is 24.9 Å². The average Bonchev–Trinajstić information content (AvgIpc) is 3.48. The Balaban J connectivity index is 1.29. The predicted octanol–water partition coefficient (Wildman–Crippen LogP) is 6.36. The highest BCUT2D eigenvalue weighted by molar-refractivity contribution is 8.03. The zero-order valence-corrected chi connectivity index (χ0v) is 27.4. The van der Waals surface area contributed by atoms with E-state index in [0.717, 1.165) is 65.9 Å². The van der Waals surface area contributed by atoms with Crippen molar-refractivity contribution in [2.45, 2.75) is 82.1 Å². The number of hydrogen-bond acceptors (Lipinski definition) is 8. The van der Waals surface area contributed by atoms with Gasteiger partial charge in [-0.25, -0.2) is 18.0 Å². The van der Waals surface area contributed by atoms with Crippen molar-refractivity contribution in [3.63, 3.8) is 0 Å². The monoisotopic (exact) mass is 648 g/mol. The standard InChI is InChI=1S/C34H40N4O5S2/c1-34(2)27-12-8-21-37(20-5-3-4-14-31(39)40)32(27)36-29(34)17-15-25-10-6-11-26(24-25)16-18-30-38(22-9-23-45(41,42)43)33-28(44-30)13-7-19-35-33/h7-8,12-13,15-19,21,24H,3-6,9-11,14,20,22-23H2,1-2H3,(H-,39,40,41,42,43). The fourth-order valence-electron chi connectivity index (χ4n) is 5.89. The van der Waals surface area contributed by atoms with Gasteiger partial charge < -0.3 is 14.6 Å². The first kappa shape index (κ1) is 32.8. The molecule has 1 aliphatic carbocycles. The van der Waals surface area contributed by atoms with Crippen LogP contribution in [0.25, 0.3) is 0 Å². The maximum absolute atomic E-state index is 11.2. The van der Waals surface area contributed by atoms with Crippen molar-refractivity contribution >= 4 is 45.2 Å². The van der Waals surface area contributed by atoms with Gasteiger partial charge in [-0.3, -0.25) is 4.79 Å². The van der Waals surface area contributed by atoms with Crippen molar-refractivity contribution in [3.05, 3.63) is 88.8 Å². The number of rotatable bonds is 13. The number of hydrogen-bond donors (Lipinski definition) is 1. The molecule has 45 heavy (non-hydrogen) atoms. The number of pyridine rings is 2. The number of unbranched alkanes of at least 4 members (excludes halogenated alkanes) is 2. The number of aryl methyl sites for hydroxylation is 1. The molecule has 0 unspecified atom stereocenters. The van der Waals surface area contributed by atoms with Gasteiger partial charge in [0.05, 0.1) is 43.8 Å². The van der Waals surface area contributed by atoms with Crippen LogP contribution in [0.4, 0.5) is 11.6 Å². The van der Waals surface area contributed by atoms with E-state index in [4.69, 9.17) is 10.1 Å². The number of carboxylic acid groups (broad SMARTS) is 1. The number of carbonyl (C=O) groups is 1. The summed E-state index contributed by atoms with van der Waals surface area (Å²) < 4.78 is 35.7. The Kier molecular flexibility index (Phi) is 10.4. The molecule has 5 rings (SSSR count). The summed E-state index contributed by atoms with van der Waals surface area (Å²) in [5, 5.41) is 9.86. The van der Waals surface area contributed by atoms with E-state index in [0.29, 0.717) is 13.0 Å². The van der Waals surface area contributed by atoms with E-state index >= 15 is 0 Å². The number of aliphatic imine (C=N–C) groups is 1. The summed E-state index contributed by atoms with van der Waals surface area (Å²) in [7, 11) is -4.27. The molecule has 0 aromatic carbocycles. The van der Waals surface area contributed by atoms with Gasteiger partial charge in [-0.2, -0.15) is 0 Å². The lowest BCUT2D eigenvalue weighted by Crippen LogP contribution is -2.34. The second-order valence-corrected chi connectivity index (χ2v) is 14.7. The first-order valence-corrected chi connectivity index (χ1v) is 17.9. The molecule has 0 spiro atoms. The predicted molar refractivity (Wildman–Crippen MR) is 177 cm³/mol. The van der Waals surface area contributed by atoms with Crippen LogP contribution in [-0.4, -0.2) is 47.0 Å². The molecule has 0 atom stereocenters. The smallest absolute Gasteiger partial charge is 0.327 e. The van der Waals surface area contributed by atoms with E-state index in [1.54, 1.807) is 18.0 Å². The Bertz CT molecular complexity index is 1710. The molecular formula is C34H40N4O5S2. The van der Waals surface area contributed by atoms with Crippen LogP contribution in [0.5, 0.6) is 0 Å². The Morgan fingerprint density at radius 1 is 1.13 bits per heavy atom. The van der Waals surface area contributed by atoms with Crippen LogP contribution in [0.3, 0.4) is 0 Å². The number of nitrogens with zero attached hydrogens (tertiary/aromatic N) is 4. The maximum Gasteiger partial charge on any atom is 0.327 e. The van der Waals surface area contributed by atoms with Crippen molar-refractivity contribution < 1.29 is 27.4 Å². The van der Waals surface area contributed by atoms with E-state index in [2.05, 4.69) is 72.1 Å². The highest BCUT2D eigenvalue weighted by Crippen LogP contribution is 2.44. The SMILES string of the molecule is CC1(C)C(/C=C/C2=CC(=C/C=C3\Sc4cccnc4N3CCCS(=O)(=O)[O-])/CCC2)=Nc2c1ccc[n+]2CCCCCC(=O)O. The van der Waals surface area contributed by atoms with Gasteiger partial charge in [0.25, 0.3) is 0 Å². The van der Waals surface area contributed by atoms with Crippen LogP contribution in [0.15, 0.2) is 93.1 Å². The third-order valence-corrected chi connectivity index (χ3v) is 10.2. The van der Waals surface area contributed by atoms with Crippen LogP contribution in [-0.2, 0) is 26.9 Å². The molecule has 4 heterocycles. The van der Waals surface area contributed by atoms with Crippen LogP contribution in [0, 0.1) is 0 Å². The molecule has 9 nitrogen and oxygen atoms in total. The molecule has 3 aliphatic rings. The van der Waals surface area contributed by atoms with Gasteiger partial charge in [-0.05, 0) is 111 Å². The normalized spacial score (nSPS) is 19.2. The number of fused-ring (bicyclic) bond motifs is 2. The lowest BCUT2D eigenvalue weighted by molar-refractivity contribution is -0.684. The molecule has 0 radical (unpaired) electrons. The van der Waals surface area contributed by atoms with E-state index in [-0.39, 0.29) is 18.3 Å². The second-order valence-electron chi connectivity index (χ2n) is 12.1. The third kappa shape index (κ3) is 8.39. The number of aromatic nitrogens is 2. The summed E-state index contributed by atoms with van der Waals surface area (Å²) in [5.41, 5.74) is 4.45. The quantitative estimate of drug-likeness (QED) is 0.151. The lowest BCUT2D eigenvalue weighted by atomic mass is 9.81. The van der Waals surface area contributed by atoms with E-state index in [9.17, 15) is 17.8 Å². The van der Waals surface area contributed by atoms with Gasteiger partial charge >= 0.3 is 11.8 Å². The zero-order chi connectivity index (χ0) is 32.0. The number of carboxylic acids is 1. The lowest BCUT2D eigenvalue weighted by Gasteiger charge is -2.20. The molecule has 2 aromatic heterocycles. The summed E-state index contributed by atoms with van der Waals surface area (Å²) >= 11 is 1.60. The Morgan fingerprint density at radius 2 is 1.98 bits per heavy atom. The Labute approximate surface area is 269 Å². The molecular weight excluding hydrogens is 609 g/mol. The van der Waals surface area contributed by atoms with Crippen molar-refractivity contribution in [1.82, 2.24) is 4.98 Å². The fraction of sp³-hybridized carbons (Fsp3) is 0.412. The largest absolute Gasteiger partial charge is 0.748 e. The summed E-state index contributed by atoms with van der Waals surface area (Å²) in [5.74, 6) is 0.627. The number of aliphatic carboxylic acids is 1. The average molecular weight is 649 g/mol. The molecule has 11 heteroatoms. The molecule has 0 amide bonds. The third-order valence-electron chi connectivity index (χ3n) is 8.33. The van der Waals surface area contributed by atoms with Gasteiger partial charge in [0.15, 0.2) is 5.71 Å². The maximum atomic E-state index is 11.2. The second kappa shape index (κ2) is 14.3. The van der Waals surface area contributed by atoms with Crippen molar-refractivity contribution in [1.29, 1.82) is 0 Å². The number of allylic oxidation sites excluding steroid dienone is 7. The van der Waals surface area contributed by atoms with Crippen LogP contribution in [0.2, 0.25) is 0 Å². The summed E-state index contributed by atoms with van der Waals surface area (Å²) in [6, 6.07) is 8.10. The van der Waals surface area contributed by atoms with Crippen molar-refractivity contribution in [3.8, 4) is 0 Å². The first-order chi connectivity index (χ1) is 21.5. The Morgan fingerprint density at radius 3 is 2.78 bits per heavy atom. The minimum Gasteiger partial charge on any atom is -0.748 e. The summed E-state index contributed by atoms with van der Waals surface area (Å²) in [6.45, 7) is 5.62. The molecule has 2 aliphatic heterocycles. The van der Waals surface area contributed by atoms with Crippen LogP contribution < -0.4 is 9.47 Å². The van der Waals surface area contributed by atoms with Gasteiger partial charge in [-0.1, -0.05) is 30.0 Å². The van der Waals surface area contributed by atoms with Gasteiger partial charge in [0.2, 0.25) is 0 Å². The fourth-order valence-corrected chi connectivity index (χ4v) is 7.42. The summed E-state index contributed by atoms with van der Waals surface area (Å²) in [6.07, 6.45) is 20.5. The topological polar surface area (TPSA) is 127 Å². The van der Waals surface area contributed by atoms with Gasteiger partial charge in [0.1, 0.15) is 5.82 Å². The summed E-state index contributed by atoms with van der Waals surface area (Å²) in [4.78, 5) is 23.4. The molecule has 0 saturated heterocycles. The minimum absolute atomic E-state index is 0.211. The van der Waals surface area contributed by atoms with Gasteiger partial charge in [-0.15, -0.1) is 0 Å². The zero-order valence-electron chi connectivity index (χ0n) is 25.8. The Hall–Kier alpha value is -3.54. The van der Waals surface area contributed by atoms with Crippen molar-refractivity contribution in [2.75, 3.05) is 17.2 Å². The van der Waals surface area contributed by atoms with E-state index in [1.165, 1.54) is 16.7 Å². The van der Waals surface area contributed by atoms with Crippen LogP contribution >= 0.6 is 11.8 Å². The molecule has 0 bridgehead atoms.